The summed E-state index contributed by atoms with van der Waals surface area (Å²) in [6, 6.07) is -0.363. The lowest BCUT2D eigenvalue weighted by atomic mass is 9.86. The van der Waals surface area contributed by atoms with Gasteiger partial charge in [-0.3, -0.25) is 4.79 Å². The lowest BCUT2D eigenvalue weighted by molar-refractivity contribution is -0.238. The summed E-state index contributed by atoms with van der Waals surface area (Å²) >= 11 is 0. The van der Waals surface area contributed by atoms with Crippen LogP contribution in [0.2, 0.25) is 0 Å². The minimum Gasteiger partial charge on any atom is -0.462 e. The van der Waals surface area contributed by atoms with Crippen molar-refractivity contribution in [3.8, 4) is 0 Å². The lowest BCUT2D eigenvalue weighted by Gasteiger charge is -2.38. The van der Waals surface area contributed by atoms with E-state index in [-0.39, 0.29) is 30.6 Å². The van der Waals surface area contributed by atoms with E-state index in [1.54, 1.807) is 6.92 Å². The van der Waals surface area contributed by atoms with Crippen molar-refractivity contribution in [2.24, 2.45) is 23.7 Å². The Morgan fingerprint density at radius 2 is 1.65 bits per heavy atom. The fourth-order valence-electron chi connectivity index (χ4n) is 5.55. The molecule has 0 aromatic heterocycles. The molecule has 200 valence electrons. The molecule has 0 radical (unpaired) electrons. The molecule has 0 aromatic carbocycles. The number of aliphatic hydroxyl groups excluding tert-OH is 2. The number of cyclic esters (lactones) is 1. The average Bonchev–Trinajstić information content (AvgIpc) is 2.72. The number of ether oxygens (including phenoxy) is 3. The van der Waals surface area contributed by atoms with Gasteiger partial charge in [-0.05, 0) is 71.8 Å². The highest BCUT2D eigenvalue weighted by Crippen LogP contribution is 2.32. The van der Waals surface area contributed by atoms with Crippen molar-refractivity contribution < 1.29 is 34.3 Å². The molecule has 8 heteroatoms. The van der Waals surface area contributed by atoms with Crippen LogP contribution in [0, 0.1) is 23.7 Å². The van der Waals surface area contributed by atoms with Gasteiger partial charge in [0.1, 0.15) is 18.3 Å². The number of hydrogen-bond donors (Lipinski definition) is 3. The number of hydrogen-bond acceptors (Lipinski definition) is 8. The molecule has 2 aliphatic rings. The normalized spacial score (nSPS) is 46.9. The molecule has 0 spiro atoms. The molecule has 0 saturated carbocycles. The van der Waals surface area contributed by atoms with Gasteiger partial charge in [0.2, 0.25) is 0 Å². The first-order valence-electron chi connectivity index (χ1n) is 13.0. The first kappa shape index (κ1) is 29.5. The summed E-state index contributed by atoms with van der Waals surface area (Å²) in [5.41, 5.74) is -1.61. The molecule has 0 bridgehead atoms. The van der Waals surface area contributed by atoms with Crippen LogP contribution in [0.3, 0.4) is 0 Å². The van der Waals surface area contributed by atoms with E-state index in [1.165, 1.54) is 6.92 Å². The second kappa shape index (κ2) is 12.5. The molecule has 2 heterocycles. The minimum atomic E-state index is -1.61. The van der Waals surface area contributed by atoms with Crippen molar-refractivity contribution in [3.05, 3.63) is 0 Å². The Balaban J connectivity index is 2.27. The molecule has 11 atom stereocenters. The van der Waals surface area contributed by atoms with Gasteiger partial charge in [-0.25, -0.2) is 0 Å². The zero-order chi connectivity index (χ0) is 25.8. The van der Waals surface area contributed by atoms with Gasteiger partial charge in [-0.1, -0.05) is 20.8 Å². The zero-order valence-corrected chi connectivity index (χ0v) is 22.4. The largest absolute Gasteiger partial charge is 0.462 e. The minimum absolute atomic E-state index is 0.0792. The van der Waals surface area contributed by atoms with Gasteiger partial charge in [0.25, 0.3) is 0 Å². The quantitative estimate of drug-likeness (QED) is 0.510. The predicted octanol–water partition coefficient (Wildman–Crippen LogP) is 2.57. The fourth-order valence-corrected chi connectivity index (χ4v) is 5.55. The molecular formula is C26H49NO7. The van der Waals surface area contributed by atoms with Crippen molar-refractivity contribution in [1.29, 1.82) is 0 Å². The highest BCUT2D eigenvalue weighted by Gasteiger charge is 2.41. The number of carbonyl (C=O) groups excluding carboxylic acids is 1. The van der Waals surface area contributed by atoms with Crippen LogP contribution in [0.15, 0.2) is 0 Å². The van der Waals surface area contributed by atoms with E-state index >= 15 is 0 Å². The third-order valence-corrected chi connectivity index (χ3v) is 7.66. The Kier molecular flexibility index (Phi) is 10.8. The summed E-state index contributed by atoms with van der Waals surface area (Å²) in [4.78, 5) is 15.0. The second-order valence-electron chi connectivity index (χ2n) is 11.6. The molecule has 3 N–H and O–H groups in total. The Morgan fingerprint density at radius 3 is 2.26 bits per heavy atom. The first-order chi connectivity index (χ1) is 15.7. The lowest BCUT2D eigenvalue weighted by Crippen LogP contribution is -2.55. The van der Waals surface area contributed by atoms with E-state index in [4.69, 9.17) is 14.2 Å². The van der Waals surface area contributed by atoms with Gasteiger partial charge in [0.05, 0.1) is 24.2 Å². The number of nitrogens with zero attached hydrogens (tertiary/aromatic N) is 1. The van der Waals surface area contributed by atoms with Crippen LogP contribution in [0.25, 0.3) is 0 Å². The molecule has 34 heavy (non-hydrogen) atoms. The molecule has 7 unspecified atom stereocenters. The van der Waals surface area contributed by atoms with Crippen molar-refractivity contribution >= 4 is 5.97 Å². The first-order valence-corrected chi connectivity index (χ1v) is 13.0. The molecule has 2 fully saturated rings. The number of likely N-dealkylation sites (N-methyl/N-ethyl adjacent to an activating group) is 1. The van der Waals surface area contributed by atoms with Crippen LogP contribution < -0.4 is 0 Å². The Labute approximate surface area is 205 Å². The standard InChI is InChI=1S/C26H49NO7/c1-15-9-18(4)33-22(11-15)34-23-17(3)12-21(28)10-16(2)13-27(8)20(6)24(29)26(7,31)14-32-25(30)19(23)5/h15-24,28-29,31H,9-14H2,1-8H3/t15?,16-,17?,18?,19?,20?,21?,22+,23+,24?,26-/m1/s1. The maximum atomic E-state index is 13.0. The Morgan fingerprint density at radius 1 is 1.00 bits per heavy atom. The number of esters is 1. The molecule has 2 rings (SSSR count). The molecule has 2 saturated heterocycles. The van der Waals surface area contributed by atoms with Gasteiger partial charge in [-0.2, -0.15) is 0 Å². The van der Waals surface area contributed by atoms with Crippen LogP contribution in [0.1, 0.15) is 74.1 Å². The summed E-state index contributed by atoms with van der Waals surface area (Å²) in [5.74, 6) is -0.617. The number of rotatable bonds is 2. The van der Waals surface area contributed by atoms with Crippen LogP contribution in [-0.2, 0) is 19.0 Å². The van der Waals surface area contributed by atoms with Gasteiger partial charge in [0.15, 0.2) is 6.29 Å². The summed E-state index contributed by atoms with van der Waals surface area (Å²) < 4.78 is 17.9. The average molecular weight is 488 g/mol. The van der Waals surface area contributed by atoms with Crippen LogP contribution in [0.5, 0.6) is 0 Å². The predicted molar refractivity (Wildman–Crippen MR) is 130 cm³/mol. The van der Waals surface area contributed by atoms with E-state index in [0.717, 1.165) is 12.8 Å². The maximum absolute atomic E-state index is 13.0. The smallest absolute Gasteiger partial charge is 0.311 e. The number of carbonyl (C=O) groups is 1. The maximum Gasteiger partial charge on any atom is 0.311 e. The molecular weight excluding hydrogens is 438 g/mol. The van der Waals surface area contributed by atoms with Crippen LogP contribution >= 0.6 is 0 Å². The van der Waals surface area contributed by atoms with Gasteiger partial charge >= 0.3 is 5.97 Å². The number of aliphatic hydroxyl groups is 3. The van der Waals surface area contributed by atoms with Crippen LogP contribution in [-0.4, -0.2) is 88.7 Å². The van der Waals surface area contributed by atoms with E-state index in [9.17, 15) is 20.1 Å². The van der Waals surface area contributed by atoms with E-state index < -0.39 is 42.1 Å². The highest BCUT2D eigenvalue weighted by atomic mass is 16.7. The van der Waals surface area contributed by atoms with Crippen molar-refractivity contribution in [2.75, 3.05) is 20.2 Å². The third kappa shape index (κ3) is 8.14. The highest BCUT2D eigenvalue weighted by molar-refractivity contribution is 5.72. The van der Waals surface area contributed by atoms with Gasteiger partial charge in [-0.15, -0.1) is 0 Å². The monoisotopic (exact) mass is 487 g/mol. The topological polar surface area (TPSA) is 109 Å². The molecule has 0 amide bonds. The Hall–Kier alpha value is -0.770. The van der Waals surface area contributed by atoms with E-state index in [0.29, 0.717) is 25.3 Å². The third-order valence-electron chi connectivity index (χ3n) is 7.66. The fraction of sp³-hybridized carbons (Fsp3) is 0.962. The van der Waals surface area contributed by atoms with Crippen molar-refractivity contribution in [3.63, 3.8) is 0 Å². The van der Waals surface area contributed by atoms with E-state index in [2.05, 4.69) is 13.8 Å². The SMILES string of the molecule is CC1CC(C)O[C@@H](O[C@H]2C(C)CC(O)C[C@@H](C)CN(C)C(C)C(O)[C@](C)(O)COC(=O)C2C)C1. The van der Waals surface area contributed by atoms with Crippen molar-refractivity contribution in [2.45, 2.75) is 116 Å². The molecule has 0 aromatic rings. The van der Waals surface area contributed by atoms with E-state index in [1.807, 2.05) is 32.7 Å². The van der Waals surface area contributed by atoms with Gasteiger partial charge in [0, 0.05) is 19.0 Å². The van der Waals surface area contributed by atoms with Crippen LogP contribution in [0.4, 0.5) is 0 Å². The van der Waals surface area contributed by atoms with Crippen molar-refractivity contribution in [1.82, 2.24) is 4.90 Å². The molecule has 0 aliphatic carbocycles. The Bertz CT molecular complexity index is 635. The second-order valence-corrected chi connectivity index (χ2v) is 11.6. The summed E-state index contributed by atoms with van der Waals surface area (Å²) in [6.07, 6.45) is 0.283. The molecule has 8 nitrogen and oxygen atoms in total. The summed E-state index contributed by atoms with van der Waals surface area (Å²) in [5, 5.41) is 32.6. The summed E-state index contributed by atoms with van der Waals surface area (Å²) in [6.45, 7) is 13.7. The zero-order valence-electron chi connectivity index (χ0n) is 22.4. The molecule has 2 aliphatic heterocycles. The van der Waals surface area contributed by atoms with Gasteiger partial charge < -0.3 is 34.4 Å². The summed E-state index contributed by atoms with van der Waals surface area (Å²) in [7, 11) is 1.89.